The fourth-order valence-corrected chi connectivity index (χ4v) is 2.76. The Morgan fingerprint density at radius 2 is 2.24 bits per heavy atom. The van der Waals surface area contributed by atoms with Crippen molar-refractivity contribution in [3.05, 3.63) is 35.4 Å². The van der Waals surface area contributed by atoms with Crippen LogP contribution in [-0.2, 0) is 0 Å². The molecule has 1 aromatic carbocycles. The first-order chi connectivity index (χ1) is 8.26. The third kappa shape index (κ3) is 2.50. The molecule has 0 N–H and O–H groups in total. The number of rotatable bonds is 4. The highest BCUT2D eigenvalue weighted by Crippen LogP contribution is 2.40. The molecule has 2 nitrogen and oxygen atoms in total. The van der Waals surface area contributed by atoms with E-state index >= 15 is 0 Å². The lowest BCUT2D eigenvalue weighted by Crippen LogP contribution is -2.43. The standard InChI is InChI=1S/C15H20N2/c1-3-9-17(2)15-8-7-14(15)13-6-4-5-12(10-13)11-16/h4-6,10,14-15H,3,7-9H2,1-2H3. The van der Waals surface area contributed by atoms with Crippen LogP contribution in [0.5, 0.6) is 0 Å². The van der Waals surface area contributed by atoms with Crippen LogP contribution in [0.25, 0.3) is 0 Å². The van der Waals surface area contributed by atoms with Gasteiger partial charge in [-0.25, -0.2) is 0 Å². The molecule has 1 fully saturated rings. The summed E-state index contributed by atoms with van der Waals surface area (Å²) >= 11 is 0. The Hall–Kier alpha value is -1.33. The third-order valence-corrected chi connectivity index (χ3v) is 3.82. The van der Waals surface area contributed by atoms with Gasteiger partial charge in [0.15, 0.2) is 0 Å². The number of hydrogen-bond acceptors (Lipinski definition) is 2. The van der Waals surface area contributed by atoms with Crippen molar-refractivity contribution in [1.29, 1.82) is 5.26 Å². The Morgan fingerprint density at radius 1 is 1.41 bits per heavy atom. The van der Waals surface area contributed by atoms with Gasteiger partial charge in [0.25, 0.3) is 0 Å². The normalized spacial score (nSPS) is 23.2. The minimum absolute atomic E-state index is 0.625. The highest BCUT2D eigenvalue weighted by molar-refractivity contribution is 5.36. The second-order valence-electron chi connectivity index (χ2n) is 4.97. The molecule has 0 amide bonds. The van der Waals surface area contributed by atoms with E-state index < -0.39 is 0 Å². The maximum Gasteiger partial charge on any atom is 0.0991 e. The molecule has 2 rings (SSSR count). The molecule has 0 heterocycles. The van der Waals surface area contributed by atoms with Crippen LogP contribution in [0.1, 0.15) is 43.2 Å². The quantitative estimate of drug-likeness (QED) is 0.791. The van der Waals surface area contributed by atoms with Crippen LogP contribution in [0, 0.1) is 11.3 Å². The van der Waals surface area contributed by atoms with E-state index in [4.69, 9.17) is 5.26 Å². The van der Waals surface area contributed by atoms with Crippen molar-refractivity contribution >= 4 is 0 Å². The van der Waals surface area contributed by atoms with Gasteiger partial charge in [0.05, 0.1) is 11.6 Å². The average molecular weight is 228 g/mol. The van der Waals surface area contributed by atoms with Crippen molar-refractivity contribution in [1.82, 2.24) is 4.90 Å². The van der Waals surface area contributed by atoms with Gasteiger partial charge in [0, 0.05) is 6.04 Å². The minimum Gasteiger partial charge on any atom is -0.303 e. The first-order valence-corrected chi connectivity index (χ1v) is 6.46. The van der Waals surface area contributed by atoms with Crippen LogP contribution in [-0.4, -0.2) is 24.5 Å². The molecule has 1 aromatic rings. The minimum atomic E-state index is 0.625. The van der Waals surface area contributed by atoms with Gasteiger partial charge in [-0.1, -0.05) is 19.1 Å². The predicted molar refractivity (Wildman–Crippen MR) is 69.8 cm³/mol. The highest BCUT2D eigenvalue weighted by atomic mass is 15.1. The zero-order valence-corrected chi connectivity index (χ0v) is 10.7. The van der Waals surface area contributed by atoms with Crippen LogP contribution in [0.15, 0.2) is 24.3 Å². The molecule has 2 atom stereocenters. The molecule has 0 aliphatic heterocycles. The van der Waals surface area contributed by atoms with Crippen molar-refractivity contribution in [2.75, 3.05) is 13.6 Å². The molecule has 0 aromatic heterocycles. The SMILES string of the molecule is CCCN(C)C1CCC1c1cccc(C#N)c1. The first kappa shape index (κ1) is 12.1. The molecule has 2 unspecified atom stereocenters. The smallest absolute Gasteiger partial charge is 0.0991 e. The molecule has 90 valence electrons. The van der Waals surface area contributed by atoms with Gasteiger partial charge in [-0.3, -0.25) is 0 Å². The monoisotopic (exact) mass is 228 g/mol. The Labute approximate surface area is 104 Å². The van der Waals surface area contributed by atoms with Crippen molar-refractivity contribution < 1.29 is 0 Å². The Morgan fingerprint density at radius 3 is 2.82 bits per heavy atom. The molecule has 0 spiro atoms. The zero-order chi connectivity index (χ0) is 12.3. The lowest BCUT2D eigenvalue weighted by atomic mass is 9.74. The molecule has 0 radical (unpaired) electrons. The van der Waals surface area contributed by atoms with E-state index in [0.717, 1.165) is 5.56 Å². The average Bonchev–Trinajstić information content (AvgIpc) is 2.28. The summed E-state index contributed by atoms with van der Waals surface area (Å²) in [7, 11) is 2.22. The van der Waals surface area contributed by atoms with E-state index in [1.807, 2.05) is 12.1 Å². The van der Waals surface area contributed by atoms with E-state index in [9.17, 15) is 0 Å². The predicted octanol–water partition coefficient (Wildman–Crippen LogP) is 3.15. The van der Waals surface area contributed by atoms with E-state index in [-0.39, 0.29) is 0 Å². The largest absolute Gasteiger partial charge is 0.303 e. The molecule has 0 bridgehead atoms. The van der Waals surface area contributed by atoms with Crippen molar-refractivity contribution in [2.45, 2.75) is 38.1 Å². The second-order valence-corrected chi connectivity index (χ2v) is 4.97. The summed E-state index contributed by atoms with van der Waals surface area (Å²) in [6.07, 6.45) is 3.75. The molecule has 1 aliphatic rings. The van der Waals surface area contributed by atoms with Gasteiger partial charge in [-0.2, -0.15) is 5.26 Å². The molecular formula is C15H20N2. The van der Waals surface area contributed by atoms with Gasteiger partial charge in [0.1, 0.15) is 0 Å². The summed E-state index contributed by atoms with van der Waals surface area (Å²) in [5.41, 5.74) is 2.12. The zero-order valence-electron chi connectivity index (χ0n) is 10.7. The molecule has 2 heteroatoms. The topological polar surface area (TPSA) is 27.0 Å². The second kappa shape index (κ2) is 5.33. The summed E-state index contributed by atoms with van der Waals surface area (Å²) in [6.45, 7) is 3.39. The number of hydrogen-bond donors (Lipinski definition) is 0. The number of nitriles is 1. The lowest BCUT2D eigenvalue weighted by molar-refractivity contribution is 0.130. The van der Waals surface area contributed by atoms with Crippen molar-refractivity contribution in [2.24, 2.45) is 0 Å². The Kier molecular flexibility index (Phi) is 3.81. The van der Waals surface area contributed by atoms with Gasteiger partial charge >= 0.3 is 0 Å². The van der Waals surface area contributed by atoms with E-state index in [2.05, 4.69) is 37.1 Å². The summed E-state index contributed by atoms with van der Waals surface area (Å²) < 4.78 is 0. The van der Waals surface area contributed by atoms with Crippen molar-refractivity contribution in [3.8, 4) is 6.07 Å². The van der Waals surface area contributed by atoms with Gasteiger partial charge in [-0.15, -0.1) is 0 Å². The lowest BCUT2D eigenvalue weighted by Gasteiger charge is -2.43. The maximum absolute atomic E-state index is 8.93. The van der Waals surface area contributed by atoms with Gasteiger partial charge < -0.3 is 4.90 Å². The summed E-state index contributed by atoms with van der Waals surface area (Å²) in [4.78, 5) is 2.47. The Bertz CT molecular complexity index is 419. The molecule has 17 heavy (non-hydrogen) atoms. The van der Waals surface area contributed by atoms with Crippen LogP contribution >= 0.6 is 0 Å². The van der Waals surface area contributed by atoms with Crippen LogP contribution in [0.4, 0.5) is 0 Å². The number of likely N-dealkylation sites (N-methyl/N-ethyl adjacent to an activating group) is 1. The van der Waals surface area contributed by atoms with E-state index in [1.54, 1.807) is 0 Å². The summed E-state index contributed by atoms with van der Waals surface area (Å²) in [6, 6.07) is 11.0. The highest BCUT2D eigenvalue weighted by Gasteiger charge is 2.34. The fraction of sp³-hybridized carbons (Fsp3) is 0.533. The van der Waals surface area contributed by atoms with Crippen LogP contribution < -0.4 is 0 Å². The third-order valence-electron chi connectivity index (χ3n) is 3.82. The van der Waals surface area contributed by atoms with Gasteiger partial charge in [0.2, 0.25) is 0 Å². The summed E-state index contributed by atoms with van der Waals surface area (Å²) in [5.74, 6) is 0.625. The first-order valence-electron chi connectivity index (χ1n) is 6.46. The molecule has 0 saturated heterocycles. The van der Waals surface area contributed by atoms with Crippen LogP contribution in [0.3, 0.4) is 0 Å². The van der Waals surface area contributed by atoms with E-state index in [1.165, 1.54) is 31.4 Å². The van der Waals surface area contributed by atoms with Crippen molar-refractivity contribution in [3.63, 3.8) is 0 Å². The number of benzene rings is 1. The molecule has 1 saturated carbocycles. The Balaban J connectivity index is 2.10. The van der Waals surface area contributed by atoms with Crippen LogP contribution in [0.2, 0.25) is 0 Å². The maximum atomic E-state index is 8.93. The molecular weight excluding hydrogens is 208 g/mol. The summed E-state index contributed by atoms with van der Waals surface area (Å²) in [5, 5.41) is 8.93. The van der Waals surface area contributed by atoms with Gasteiger partial charge in [-0.05, 0) is 56.5 Å². The van der Waals surface area contributed by atoms with E-state index in [0.29, 0.717) is 12.0 Å². The molecule has 1 aliphatic carbocycles. The number of nitrogens with zero attached hydrogens (tertiary/aromatic N) is 2. The fourth-order valence-electron chi connectivity index (χ4n) is 2.76.